The smallest absolute Gasteiger partial charge is 0.345 e. The largest absolute Gasteiger partial charge is 0.497 e. The van der Waals surface area contributed by atoms with Gasteiger partial charge in [-0.05, 0) is 36.4 Å². The maximum absolute atomic E-state index is 12.3. The number of halogens is 1. The molecule has 0 spiro atoms. The zero-order valence-corrected chi connectivity index (χ0v) is 15.2. The Kier molecular flexibility index (Phi) is 4.36. The first-order chi connectivity index (χ1) is 12.6. The Hall–Kier alpha value is -2.83. The minimum absolute atomic E-state index is 0.398. The van der Waals surface area contributed by atoms with Crippen LogP contribution in [0.1, 0.15) is 0 Å². The van der Waals surface area contributed by atoms with Gasteiger partial charge in [-0.1, -0.05) is 17.7 Å². The van der Waals surface area contributed by atoms with Crippen molar-refractivity contribution in [3.8, 4) is 17.0 Å². The van der Waals surface area contributed by atoms with E-state index >= 15 is 0 Å². The van der Waals surface area contributed by atoms with Gasteiger partial charge in [0.25, 0.3) is 0 Å². The first-order valence-corrected chi connectivity index (χ1v) is 8.98. The molecular weight excluding hydrogens is 372 g/mol. The minimum atomic E-state index is -0.432. The zero-order valence-electron chi connectivity index (χ0n) is 13.7. The van der Waals surface area contributed by atoms with Crippen molar-refractivity contribution in [1.29, 1.82) is 0 Å². The van der Waals surface area contributed by atoms with Crippen LogP contribution >= 0.6 is 22.9 Å². The molecule has 0 bridgehead atoms. The van der Waals surface area contributed by atoms with E-state index in [4.69, 9.17) is 20.8 Å². The standard InChI is InChI=1S/C19H13ClN2O3S/c1-24-14-4-2-3-13(9-14)21-19-22-16(10-26-19)15-8-11-7-12(20)5-6-17(11)25-18(15)23/h2-10H,1H3,(H,21,22). The number of fused-ring (bicyclic) bond motifs is 1. The molecule has 7 heteroatoms. The molecule has 4 rings (SSSR count). The van der Waals surface area contributed by atoms with E-state index in [1.165, 1.54) is 11.3 Å². The Labute approximate surface area is 157 Å². The quantitative estimate of drug-likeness (QED) is 0.482. The van der Waals surface area contributed by atoms with Gasteiger partial charge in [-0.3, -0.25) is 0 Å². The SMILES string of the molecule is COc1cccc(Nc2nc(-c3cc4cc(Cl)ccc4oc3=O)cs2)c1. The van der Waals surface area contributed by atoms with Gasteiger partial charge in [-0.25, -0.2) is 9.78 Å². The first kappa shape index (κ1) is 16.6. The molecule has 2 aromatic heterocycles. The summed E-state index contributed by atoms with van der Waals surface area (Å²) in [6.07, 6.45) is 0. The lowest BCUT2D eigenvalue weighted by Gasteiger charge is -2.04. The van der Waals surface area contributed by atoms with E-state index in [9.17, 15) is 4.79 Å². The molecule has 0 radical (unpaired) electrons. The maximum atomic E-state index is 12.3. The summed E-state index contributed by atoms with van der Waals surface area (Å²) in [7, 11) is 1.62. The van der Waals surface area contributed by atoms with Crippen molar-refractivity contribution in [1.82, 2.24) is 4.98 Å². The van der Waals surface area contributed by atoms with Gasteiger partial charge in [0, 0.05) is 27.5 Å². The molecule has 2 aromatic carbocycles. The van der Waals surface area contributed by atoms with E-state index in [0.29, 0.717) is 27.0 Å². The summed E-state index contributed by atoms with van der Waals surface area (Å²) < 4.78 is 10.6. The zero-order chi connectivity index (χ0) is 18.1. The van der Waals surface area contributed by atoms with E-state index in [1.54, 1.807) is 31.4 Å². The second-order valence-corrected chi connectivity index (χ2v) is 6.82. The summed E-state index contributed by atoms with van der Waals surface area (Å²) in [4.78, 5) is 16.8. The molecular formula is C19H13ClN2O3S. The summed E-state index contributed by atoms with van der Waals surface area (Å²) in [5, 5.41) is 7.02. The van der Waals surface area contributed by atoms with Gasteiger partial charge in [0.2, 0.25) is 0 Å². The molecule has 0 aliphatic carbocycles. The van der Waals surface area contributed by atoms with E-state index in [0.717, 1.165) is 16.8 Å². The van der Waals surface area contributed by atoms with Crippen molar-refractivity contribution < 1.29 is 9.15 Å². The maximum Gasteiger partial charge on any atom is 0.345 e. The van der Waals surface area contributed by atoms with Crippen LogP contribution in [0.15, 0.2) is 63.1 Å². The van der Waals surface area contributed by atoms with Gasteiger partial charge in [-0.15, -0.1) is 11.3 Å². The van der Waals surface area contributed by atoms with Crippen LogP contribution in [0.5, 0.6) is 5.75 Å². The normalized spacial score (nSPS) is 10.8. The highest BCUT2D eigenvalue weighted by Crippen LogP contribution is 2.29. The fourth-order valence-electron chi connectivity index (χ4n) is 2.55. The molecule has 0 amide bonds. The van der Waals surface area contributed by atoms with Crippen molar-refractivity contribution in [3.63, 3.8) is 0 Å². The topological polar surface area (TPSA) is 64.4 Å². The number of ether oxygens (including phenoxy) is 1. The lowest BCUT2D eigenvalue weighted by molar-refractivity contribution is 0.415. The highest BCUT2D eigenvalue weighted by atomic mass is 35.5. The third kappa shape index (κ3) is 3.29. The van der Waals surface area contributed by atoms with Crippen LogP contribution in [0.4, 0.5) is 10.8 Å². The molecule has 130 valence electrons. The van der Waals surface area contributed by atoms with Gasteiger partial charge < -0.3 is 14.5 Å². The molecule has 0 aliphatic rings. The summed E-state index contributed by atoms with van der Waals surface area (Å²) in [5.74, 6) is 0.749. The molecule has 4 aromatic rings. The molecule has 0 saturated carbocycles. The number of hydrogen-bond acceptors (Lipinski definition) is 6. The van der Waals surface area contributed by atoms with Crippen molar-refractivity contribution in [2.75, 3.05) is 12.4 Å². The van der Waals surface area contributed by atoms with Crippen molar-refractivity contribution >= 4 is 44.7 Å². The molecule has 5 nitrogen and oxygen atoms in total. The van der Waals surface area contributed by atoms with Crippen LogP contribution in [0.25, 0.3) is 22.2 Å². The molecule has 0 atom stereocenters. The first-order valence-electron chi connectivity index (χ1n) is 7.73. The second kappa shape index (κ2) is 6.82. The predicted octanol–water partition coefficient (Wildman–Crippen LogP) is 5.32. The number of rotatable bonds is 4. The van der Waals surface area contributed by atoms with Crippen LogP contribution < -0.4 is 15.7 Å². The summed E-state index contributed by atoms with van der Waals surface area (Å²) in [5.41, 5.74) is 1.86. The summed E-state index contributed by atoms with van der Waals surface area (Å²) in [6, 6.07) is 14.4. The van der Waals surface area contributed by atoms with E-state index in [-0.39, 0.29) is 0 Å². The molecule has 0 saturated heterocycles. The van der Waals surface area contributed by atoms with Gasteiger partial charge >= 0.3 is 5.63 Å². The van der Waals surface area contributed by atoms with Crippen LogP contribution in [-0.4, -0.2) is 12.1 Å². The highest BCUT2D eigenvalue weighted by molar-refractivity contribution is 7.14. The minimum Gasteiger partial charge on any atom is -0.497 e. The lowest BCUT2D eigenvalue weighted by atomic mass is 10.1. The van der Waals surface area contributed by atoms with E-state index in [1.807, 2.05) is 29.6 Å². The predicted molar refractivity (Wildman–Crippen MR) is 105 cm³/mol. The average Bonchev–Trinajstić information content (AvgIpc) is 3.10. The third-order valence-corrected chi connectivity index (χ3v) is 4.79. The van der Waals surface area contributed by atoms with Gasteiger partial charge in [-0.2, -0.15) is 0 Å². The number of benzene rings is 2. The third-order valence-electron chi connectivity index (χ3n) is 3.80. The number of hydrogen-bond donors (Lipinski definition) is 1. The van der Waals surface area contributed by atoms with E-state index in [2.05, 4.69) is 10.3 Å². The van der Waals surface area contributed by atoms with Crippen molar-refractivity contribution in [3.05, 3.63) is 69.4 Å². The molecule has 0 fully saturated rings. The van der Waals surface area contributed by atoms with E-state index < -0.39 is 5.63 Å². The Morgan fingerprint density at radius 2 is 2.08 bits per heavy atom. The fraction of sp³-hybridized carbons (Fsp3) is 0.0526. The Morgan fingerprint density at radius 3 is 2.92 bits per heavy atom. The molecule has 2 heterocycles. The van der Waals surface area contributed by atoms with Crippen LogP contribution in [0.2, 0.25) is 5.02 Å². The van der Waals surface area contributed by atoms with Gasteiger partial charge in [0.05, 0.1) is 18.4 Å². The van der Waals surface area contributed by atoms with Crippen LogP contribution in [-0.2, 0) is 0 Å². The van der Waals surface area contributed by atoms with Crippen molar-refractivity contribution in [2.45, 2.75) is 0 Å². The molecule has 0 unspecified atom stereocenters. The second-order valence-electron chi connectivity index (χ2n) is 5.52. The monoisotopic (exact) mass is 384 g/mol. The highest BCUT2D eigenvalue weighted by Gasteiger charge is 2.12. The van der Waals surface area contributed by atoms with Gasteiger partial charge in [0.1, 0.15) is 11.3 Å². The summed E-state index contributed by atoms with van der Waals surface area (Å²) >= 11 is 7.42. The molecule has 26 heavy (non-hydrogen) atoms. The Balaban J connectivity index is 1.68. The Bertz CT molecular complexity index is 1150. The number of anilines is 2. The molecule has 1 N–H and O–H groups in total. The molecule has 0 aliphatic heterocycles. The van der Waals surface area contributed by atoms with Gasteiger partial charge in [0.15, 0.2) is 5.13 Å². The van der Waals surface area contributed by atoms with Crippen molar-refractivity contribution in [2.24, 2.45) is 0 Å². The Morgan fingerprint density at radius 1 is 1.19 bits per heavy atom. The lowest BCUT2D eigenvalue weighted by Crippen LogP contribution is -2.03. The number of methoxy groups -OCH3 is 1. The summed E-state index contributed by atoms with van der Waals surface area (Å²) in [6.45, 7) is 0. The number of nitrogens with zero attached hydrogens (tertiary/aromatic N) is 1. The van der Waals surface area contributed by atoms with Crippen LogP contribution in [0, 0.1) is 0 Å². The fourth-order valence-corrected chi connectivity index (χ4v) is 3.46. The number of aromatic nitrogens is 1. The average molecular weight is 385 g/mol. The number of nitrogens with one attached hydrogen (secondary N) is 1. The van der Waals surface area contributed by atoms with Crippen LogP contribution in [0.3, 0.4) is 0 Å². The number of thiazole rings is 1.